The topological polar surface area (TPSA) is 62.2 Å². The summed E-state index contributed by atoms with van der Waals surface area (Å²) in [6.07, 6.45) is -0.689. The molecule has 1 aliphatic rings. The molecule has 2 unspecified atom stereocenters. The van der Waals surface area contributed by atoms with E-state index in [1.165, 1.54) is 0 Å². The van der Waals surface area contributed by atoms with Gasteiger partial charge in [-0.25, -0.2) is 0 Å². The largest absolute Gasteiger partial charge is 0.497 e. The van der Waals surface area contributed by atoms with E-state index in [-0.39, 0.29) is 12.6 Å². The minimum atomic E-state index is -0.689. The fourth-order valence-corrected chi connectivity index (χ4v) is 3.13. The van der Waals surface area contributed by atoms with Crippen molar-refractivity contribution in [1.82, 2.24) is 4.90 Å². The molecule has 0 saturated heterocycles. The lowest BCUT2D eigenvalue weighted by molar-refractivity contribution is -0.0841. The molecule has 0 amide bonds. The molecule has 0 fully saturated rings. The first-order valence-corrected chi connectivity index (χ1v) is 7.34. The summed E-state index contributed by atoms with van der Waals surface area (Å²) in [7, 11) is 1.60. The molecule has 0 spiro atoms. The molecule has 5 heteroatoms. The summed E-state index contributed by atoms with van der Waals surface area (Å²) in [5.74, 6) is 1.38. The summed E-state index contributed by atoms with van der Waals surface area (Å²) in [6, 6.07) is 5.24. The van der Waals surface area contributed by atoms with E-state index in [2.05, 4.69) is 0 Å². The van der Waals surface area contributed by atoms with Crippen LogP contribution in [0.15, 0.2) is 18.2 Å². The van der Waals surface area contributed by atoms with E-state index < -0.39 is 11.7 Å². The predicted octanol–water partition coefficient (Wildman–Crippen LogP) is 1.58. The molecule has 0 aliphatic carbocycles. The second-order valence-corrected chi connectivity index (χ2v) is 5.85. The molecule has 0 radical (unpaired) electrons. The van der Waals surface area contributed by atoms with E-state index >= 15 is 0 Å². The van der Waals surface area contributed by atoms with Gasteiger partial charge in [-0.1, -0.05) is 6.92 Å². The molecular formula is C16H25NO4. The van der Waals surface area contributed by atoms with Crippen molar-refractivity contribution in [3.63, 3.8) is 0 Å². The SMILES string of the molecule is CCN(CCO)C1C(O)c2cc(OC)ccc2OC1(C)C. The second kappa shape index (κ2) is 6.22. The predicted molar refractivity (Wildman–Crippen MR) is 80.8 cm³/mol. The van der Waals surface area contributed by atoms with Gasteiger partial charge in [0.15, 0.2) is 0 Å². The Labute approximate surface area is 126 Å². The number of aliphatic hydroxyl groups excluding tert-OH is 2. The number of fused-ring (bicyclic) bond motifs is 1. The summed E-state index contributed by atoms with van der Waals surface area (Å²) >= 11 is 0. The Morgan fingerprint density at radius 1 is 1.38 bits per heavy atom. The van der Waals surface area contributed by atoms with Gasteiger partial charge in [0, 0.05) is 12.1 Å². The number of benzene rings is 1. The third-order valence-electron chi connectivity index (χ3n) is 4.11. The van der Waals surface area contributed by atoms with Crippen molar-refractivity contribution >= 4 is 0 Å². The first-order chi connectivity index (χ1) is 9.94. The van der Waals surface area contributed by atoms with E-state index in [4.69, 9.17) is 9.47 Å². The van der Waals surface area contributed by atoms with E-state index in [0.717, 1.165) is 12.1 Å². The maximum absolute atomic E-state index is 10.8. The van der Waals surface area contributed by atoms with Crippen LogP contribution >= 0.6 is 0 Å². The summed E-state index contributed by atoms with van der Waals surface area (Å²) in [5.41, 5.74) is 0.182. The molecule has 2 N–H and O–H groups in total. The number of likely N-dealkylation sites (N-methyl/N-ethyl adjacent to an activating group) is 1. The van der Waals surface area contributed by atoms with E-state index in [1.54, 1.807) is 7.11 Å². The van der Waals surface area contributed by atoms with Crippen LogP contribution in [0.25, 0.3) is 0 Å². The van der Waals surface area contributed by atoms with Crippen LogP contribution in [0.4, 0.5) is 0 Å². The molecule has 1 aliphatic heterocycles. The Hall–Kier alpha value is -1.30. The van der Waals surface area contributed by atoms with Gasteiger partial charge in [0.25, 0.3) is 0 Å². The van der Waals surface area contributed by atoms with Crippen molar-refractivity contribution in [2.75, 3.05) is 26.8 Å². The number of rotatable bonds is 5. The standard InChI is InChI=1S/C16H25NO4/c1-5-17(8-9-18)15-14(19)12-10-11(20-4)6-7-13(12)21-16(15,2)3/h6-7,10,14-15,18-19H,5,8-9H2,1-4H3. The molecule has 1 aromatic carbocycles. The van der Waals surface area contributed by atoms with Gasteiger partial charge in [-0.05, 0) is 38.6 Å². The van der Waals surface area contributed by atoms with Crippen LogP contribution < -0.4 is 9.47 Å². The Morgan fingerprint density at radius 3 is 2.67 bits per heavy atom. The van der Waals surface area contributed by atoms with Crippen LogP contribution in [-0.4, -0.2) is 53.6 Å². The summed E-state index contributed by atoms with van der Waals surface area (Å²) < 4.78 is 11.3. The number of hydrogen-bond acceptors (Lipinski definition) is 5. The Balaban J connectivity index is 2.42. The normalized spacial score (nSPS) is 23.6. The smallest absolute Gasteiger partial charge is 0.126 e. The third-order valence-corrected chi connectivity index (χ3v) is 4.11. The Morgan fingerprint density at radius 2 is 2.10 bits per heavy atom. The molecule has 0 aromatic heterocycles. The van der Waals surface area contributed by atoms with Gasteiger partial charge < -0.3 is 19.7 Å². The highest BCUT2D eigenvalue weighted by atomic mass is 16.5. The quantitative estimate of drug-likeness (QED) is 0.863. The number of nitrogens with zero attached hydrogens (tertiary/aromatic N) is 1. The molecule has 1 heterocycles. The van der Waals surface area contributed by atoms with Gasteiger partial charge in [-0.15, -0.1) is 0 Å². The highest BCUT2D eigenvalue weighted by molar-refractivity contribution is 5.44. The molecular weight excluding hydrogens is 270 g/mol. The summed E-state index contributed by atoms with van der Waals surface area (Å²) in [6.45, 7) is 7.23. The average molecular weight is 295 g/mol. The maximum atomic E-state index is 10.8. The lowest BCUT2D eigenvalue weighted by Gasteiger charge is -2.47. The van der Waals surface area contributed by atoms with Gasteiger partial charge in [0.2, 0.25) is 0 Å². The highest BCUT2D eigenvalue weighted by Gasteiger charge is 2.46. The average Bonchev–Trinajstić information content (AvgIpc) is 2.45. The van der Waals surface area contributed by atoms with Crippen LogP contribution in [0.2, 0.25) is 0 Å². The fraction of sp³-hybridized carbons (Fsp3) is 0.625. The maximum Gasteiger partial charge on any atom is 0.126 e. The highest BCUT2D eigenvalue weighted by Crippen LogP contribution is 2.43. The van der Waals surface area contributed by atoms with E-state index in [1.807, 2.05) is 43.9 Å². The van der Waals surface area contributed by atoms with Crippen LogP contribution in [0, 0.1) is 0 Å². The molecule has 5 nitrogen and oxygen atoms in total. The third kappa shape index (κ3) is 3.00. The van der Waals surface area contributed by atoms with Crippen LogP contribution in [-0.2, 0) is 0 Å². The monoisotopic (exact) mass is 295 g/mol. The number of ether oxygens (including phenoxy) is 2. The van der Waals surface area contributed by atoms with Crippen molar-refractivity contribution in [1.29, 1.82) is 0 Å². The zero-order valence-electron chi connectivity index (χ0n) is 13.2. The molecule has 2 rings (SSSR count). The fourth-order valence-electron chi connectivity index (χ4n) is 3.13. The summed E-state index contributed by atoms with van der Waals surface area (Å²) in [5, 5.41) is 20.1. The minimum absolute atomic E-state index is 0.0537. The van der Waals surface area contributed by atoms with E-state index in [0.29, 0.717) is 18.0 Å². The minimum Gasteiger partial charge on any atom is -0.497 e. The van der Waals surface area contributed by atoms with Gasteiger partial charge in [-0.3, -0.25) is 4.90 Å². The van der Waals surface area contributed by atoms with Gasteiger partial charge in [-0.2, -0.15) is 0 Å². The van der Waals surface area contributed by atoms with Gasteiger partial charge in [0.1, 0.15) is 23.2 Å². The molecule has 21 heavy (non-hydrogen) atoms. The zero-order valence-corrected chi connectivity index (χ0v) is 13.2. The van der Waals surface area contributed by atoms with Crippen molar-refractivity contribution < 1.29 is 19.7 Å². The molecule has 118 valence electrons. The van der Waals surface area contributed by atoms with Crippen LogP contribution in [0.3, 0.4) is 0 Å². The Kier molecular flexibility index (Phi) is 4.76. The summed E-state index contributed by atoms with van der Waals surface area (Å²) in [4.78, 5) is 2.05. The van der Waals surface area contributed by atoms with Crippen molar-refractivity contribution in [2.24, 2.45) is 0 Å². The molecule has 0 bridgehead atoms. The van der Waals surface area contributed by atoms with Gasteiger partial charge in [0.05, 0.1) is 19.8 Å². The zero-order chi connectivity index (χ0) is 15.6. The second-order valence-electron chi connectivity index (χ2n) is 5.85. The molecule has 2 atom stereocenters. The molecule has 0 saturated carbocycles. The van der Waals surface area contributed by atoms with E-state index in [9.17, 15) is 10.2 Å². The van der Waals surface area contributed by atoms with Crippen molar-refractivity contribution in [2.45, 2.75) is 38.5 Å². The number of methoxy groups -OCH3 is 1. The number of aliphatic hydroxyl groups is 2. The molecule has 1 aromatic rings. The lowest BCUT2D eigenvalue weighted by atomic mass is 9.84. The lowest BCUT2D eigenvalue weighted by Crippen LogP contribution is -2.58. The van der Waals surface area contributed by atoms with Crippen LogP contribution in [0.5, 0.6) is 11.5 Å². The van der Waals surface area contributed by atoms with Crippen LogP contribution in [0.1, 0.15) is 32.4 Å². The first-order valence-electron chi connectivity index (χ1n) is 7.34. The van der Waals surface area contributed by atoms with Crippen molar-refractivity contribution in [3.8, 4) is 11.5 Å². The van der Waals surface area contributed by atoms with Crippen molar-refractivity contribution in [3.05, 3.63) is 23.8 Å². The number of hydrogen-bond donors (Lipinski definition) is 2. The van der Waals surface area contributed by atoms with Gasteiger partial charge >= 0.3 is 0 Å². The first kappa shape index (κ1) is 16.1. The Bertz CT molecular complexity index is 489.